The van der Waals surface area contributed by atoms with Crippen LogP contribution in [0.5, 0.6) is 0 Å². The molecule has 0 radical (unpaired) electrons. The van der Waals surface area contributed by atoms with Gasteiger partial charge in [0.15, 0.2) is 0 Å². The van der Waals surface area contributed by atoms with Crippen LogP contribution in [-0.4, -0.2) is 66.0 Å². The SMILES string of the molecule is CC(C)(C)OC(=O)N1CCN(C(=O)CC(=O)CCOCc2ccccc2)CC1. The molecule has 1 fully saturated rings. The first kappa shape index (κ1) is 21.9. The van der Waals surface area contributed by atoms with Crippen LogP contribution in [0.2, 0.25) is 0 Å². The maximum Gasteiger partial charge on any atom is 0.410 e. The molecule has 2 amide bonds. The second-order valence-electron chi connectivity index (χ2n) is 7.85. The third-order valence-electron chi connectivity index (χ3n) is 4.27. The Morgan fingerprint density at radius 3 is 2.18 bits per heavy atom. The summed E-state index contributed by atoms with van der Waals surface area (Å²) in [7, 11) is 0. The van der Waals surface area contributed by atoms with Gasteiger partial charge in [0.1, 0.15) is 11.4 Å². The summed E-state index contributed by atoms with van der Waals surface area (Å²) in [6.07, 6.45) is -0.274. The van der Waals surface area contributed by atoms with Crippen molar-refractivity contribution < 1.29 is 23.9 Å². The van der Waals surface area contributed by atoms with Crippen LogP contribution in [0.1, 0.15) is 39.2 Å². The molecular formula is C21H30N2O5. The fourth-order valence-corrected chi connectivity index (χ4v) is 2.78. The van der Waals surface area contributed by atoms with Crippen molar-refractivity contribution in [1.29, 1.82) is 0 Å². The molecule has 1 aromatic rings. The normalized spacial score (nSPS) is 14.7. The zero-order valence-electron chi connectivity index (χ0n) is 17.0. The molecule has 154 valence electrons. The van der Waals surface area contributed by atoms with E-state index in [1.807, 2.05) is 51.1 Å². The molecule has 0 bridgehead atoms. The summed E-state index contributed by atoms with van der Waals surface area (Å²) >= 11 is 0. The van der Waals surface area contributed by atoms with E-state index in [0.29, 0.717) is 39.4 Å². The highest BCUT2D eigenvalue weighted by Gasteiger charge is 2.28. The van der Waals surface area contributed by atoms with E-state index in [1.54, 1.807) is 9.80 Å². The van der Waals surface area contributed by atoms with Gasteiger partial charge >= 0.3 is 6.09 Å². The molecule has 1 aromatic carbocycles. The fourth-order valence-electron chi connectivity index (χ4n) is 2.78. The third kappa shape index (κ3) is 7.68. The lowest BCUT2D eigenvalue weighted by Crippen LogP contribution is -2.51. The highest BCUT2D eigenvalue weighted by atomic mass is 16.6. The number of benzene rings is 1. The van der Waals surface area contributed by atoms with E-state index in [4.69, 9.17) is 9.47 Å². The summed E-state index contributed by atoms with van der Waals surface area (Å²) in [6, 6.07) is 9.73. The Kier molecular flexibility index (Phi) is 7.99. The first-order valence-corrected chi connectivity index (χ1v) is 9.63. The zero-order chi connectivity index (χ0) is 20.6. The Bertz CT molecular complexity index is 661. The molecule has 0 N–H and O–H groups in total. The van der Waals surface area contributed by atoms with Crippen molar-refractivity contribution in [1.82, 2.24) is 9.80 Å². The monoisotopic (exact) mass is 390 g/mol. The number of hydrogen-bond acceptors (Lipinski definition) is 5. The zero-order valence-corrected chi connectivity index (χ0v) is 17.0. The van der Waals surface area contributed by atoms with Crippen LogP contribution < -0.4 is 0 Å². The second-order valence-corrected chi connectivity index (χ2v) is 7.85. The Morgan fingerprint density at radius 1 is 0.964 bits per heavy atom. The van der Waals surface area contributed by atoms with Crippen LogP contribution in [0, 0.1) is 0 Å². The van der Waals surface area contributed by atoms with Crippen LogP contribution in [0.4, 0.5) is 4.79 Å². The minimum Gasteiger partial charge on any atom is -0.444 e. The smallest absolute Gasteiger partial charge is 0.410 e. The van der Waals surface area contributed by atoms with E-state index in [0.717, 1.165) is 5.56 Å². The van der Waals surface area contributed by atoms with Gasteiger partial charge in [-0.3, -0.25) is 9.59 Å². The topological polar surface area (TPSA) is 76.2 Å². The molecule has 0 aromatic heterocycles. The summed E-state index contributed by atoms with van der Waals surface area (Å²) in [6.45, 7) is 7.86. The molecule has 1 aliphatic rings. The lowest BCUT2D eigenvalue weighted by atomic mass is 10.2. The van der Waals surface area contributed by atoms with Gasteiger partial charge in [0.25, 0.3) is 0 Å². The lowest BCUT2D eigenvalue weighted by Gasteiger charge is -2.35. The largest absolute Gasteiger partial charge is 0.444 e. The van der Waals surface area contributed by atoms with E-state index in [2.05, 4.69) is 0 Å². The molecule has 7 nitrogen and oxygen atoms in total. The van der Waals surface area contributed by atoms with E-state index in [1.165, 1.54) is 0 Å². The fraction of sp³-hybridized carbons (Fsp3) is 0.571. The molecular weight excluding hydrogens is 360 g/mol. The number of amides is 2. The number of piperazine rings is 1. The molecule has 1 heterocycles. The Balaban J connectivity index is 1.63. The van der Waals surface area contributed by atoms with Gasteiger partial charge in [-0.25, -0.2) is 4.79 Å². The van der Waals surface area contributed by atoms with Crippen molar-refractivity contribution >= 4 is 17.8 Å². The predicted molar refractivity (Wildman–Crippen MR) is 105 cm³/mol. The summed E-state index contributed by atoms with van der Waals surface area (Å²) in [5, 5.41) is 0. The molecule has 0 atom stereocenters. The van der Waals surface area contributed by atoms with Crippen molar-refractivity contribution in [2.24, 2.45) is 0 Å². The molecule has 1 saturated heterocycles. The summed E-state index contributed by atoms with van der Waals surface area (Å²) < 4.78 is 10.8. The van der Waals surface area contributed by atoms with Gasteiger partial charge in [0.05, 0.1) is 19.6 Å². The quantitative estimate of drug-likeness (QED) is 0.528. The maximum absolute atomic E-state index is 12.3. The minimum atomic E-state index is -0.543. The molecule has 2 rings (SSSR count). The van der Waals surface area contributed by atoms with Crippen molar-refractivity contribution in [2.45, 2.75) is 45.8 Å². The summed E-state index contributed by atoms with van der Waals surface area (Å²) in [5.41, 5.74) is 0.507. The average molecular weight is 390 g/mol. The van der Waals surface area contributed by atoms with E-state index >= 15 is 0 Å². The second kappa shape index (κ2) is 10.2. The van der Waals surface area contributed by atoms with Gasteiger partial charge in [0, 0.05) is 32.6 Å². The van der Waals surface area contributed by atoms with Crippen molar-refractivity contribution in [3.8, 4) is 0 Å². The first-order chi connectivity index (χ1) is 13.2. The Labute approximate surface area is 166 Å². The highest BCUT2D eigenvalue weighted by molar-refractivity contribution is 5.98. The number of nitrogens with zero attached hydrogens (tertiary/aromatic N) is 2. The van der Waals surface area contributed by atoms with Gasteiger partial charge in [0.2, 0.25) is 5.91 Å². The predicted octanol–water partition coefficient (Wildman–Crippen LogP) is 2.63. The number of ether oxygens (including phenoxy) is 2. The molecule has 0 spiro atoms. The van der Waals surface area contributed by atoms with Gasteiger partial charge < -0.3 is 19.3 Å². The number of Topliss-reactive ketones (excluding diaryl/α,β-unsaturated/α-hetero) is 1. The number of ketones is 1. The molecule has 1 aliphatic heterocycles. The lowest BCUT2D eigenvalue weighted by molar-refractivity contribution is -0.137. The van der Waals surface area contributed by atoms with Crippen molar-refractivity contribution in [3.05, 3.63) is 35.9 Å². The average Bonchev–Trinajstić information content (AvgIpc) is 2.65. The summed E-state index contributed by atoms with van der Waals surface area (Å²) in [5.74, 6) is -0.329. The number of carbonyl (C=O) groups excluding carboxylic acids is 3. The molecule has 28 heavy (non-hydrogen) atoms. The third-order valence-corrected chi connectivity index (χ3v) is 4.27. The van der Waals surface area contributed by atoms with Gasteiger partial charge in [-0.05, 0) is 26.3 Å². The van der Waals surface area contributed by atoms with E-state index in [9.17, 15) is 14.4 Å². The number of rotatable bonds is 7. The minimum absolute atomic E-state index is 0.124. The maximum atomic E-state index is 12.3. The highest BCUT2D eigenvalue weighted by Crippen LogP contribution is 2.12. The first-order valence-electron chi connectivity index (χ1n) is 9.63. The molecule has 0 aliphatic carbocycles. The Morgan fingerprint density at radius 2 is 1.57 bits per heavy atom. The van der Waals surface area contributed by atoms with Crippen LogP contribution in [0.3, 0.4) is 0 Å². The Hall–Kier alpha value is -2.41. The molecule has 0 saturated carbocycles. The van der Waals surface area contributed by atoms with E-state index in [-0.39, 0.29) is 30.6 Å². The van der Waals surface area contributed by atoms with Crippen molar-refractivity contribution in [3.63, 3.8) is 0 Å². The molecule has 7 heteroatoms. The van der Waals surface area contributed by atoms with Crippen LogP contribution in [0.25, 0.3) is 0 Å². The van der Waals surface area contributed by atoms with Crippen LogP contribution in [0.15, 0.2) is 30.3 Å². The summed E-state index contributed by atoms with van der Waals surface area (Å²) in [4.78, 5) is 39.6. The van der Waals surface area contributed by atoms with Crippen LogP contribution in [-0.2, 0) is 25.7 Å². The number of carbonyl (C=O) groups is 3. The number of hydrogen-bond donors (Lipinski definition) is 0. The van der Waals surface area contributed by atoms with Gasteiger partial charge in [-0.2, -0.15) is 0 Å². The van der Waals surface area contributed by atoms with E-state index < -0.39 is 5.60 Å². The van der Waals surface area contributed by atoms with Gasteiger partial charge in [-0.1, -0.05) is 30.3 Å². The van der Waals surface area contributed by atoms with Crippen LogP contribution >= 0.6 is 0 Å². The molecule has 0 unspecified atom stereocenters. The van der Waals surface area contributed by atoms with Crippen molar-refractivity contribution in [2.75, 3.05) is 32.8 Å². The standard InChI is InChI=1S/C21H30N2O5/c1-21(2,3)28-20(26)23-12-10-22(11-13-23)19(25)15-18(24)9-14-27-16-17-7-5-4-6-8-17/h4-8H,9-16H2,1-3H3. The van der Waals surface area contributed by atoms with Gasteiger partial charge in [-0.15, -0.1) is 0 Å².